The minimum Gasteiger partial charge on any atom is -0.493 e. The third-order valence-corrected chi connectivity index (χ3v) is 3.74. The fourth-order valence-electron chi connectivity index (χ4n) is 2.34. The molecular weight excluding hydrogens is 362 g/mol. The van der Waals surface area contributed by atoms with E-state index in [9.17, 15) is 9.59 Å². The Morgan fingerprint density at radius 3 is 2.61 bits per heavy atom. The molecule has 0 spiro atoms. The summed E-state index contributed by atoms with van der Waals surface area (Å²) >= 11 is 0. The lowest BCUT2D eigenvalue weighted by molar-refractivity contribution is -0.119. The summed E-state index contributed by atoms with van der Waals surface area (Å²) < 4.78 is 10.5. The lowest BCUT2D eigenvalue weighted by Crippen LogP contribution is -2.28. The first-order valence-corrected chi connectivity index (χ1v) is 8.60. The second-order valence-electron chi connectivity index (χ2n) is 5.84. The van der Waals surface area contributed by atoms with E-state index in [0.717, 1.165) is 5.56 Å². The number of nitrogens with one attached hydrogen (secondary N) is 2. The van der Waals surface area contributed by atoms with Crippen molar-refractivity contribution in [2.24, 2.45) is 5.10 Å². The van der Waals surface area contributed by atoms with E-state index in [1.54, 1.807) is 21.1 Å². The Bertz CT molecular complexity index is 839. The molecule has 0 aliphatic heterocycles. The fourth-order valence-corrected chi connectivity index (χ4v) is 2.34. The van der Waals surface area contributed by atoms with Crippen LogP contribution in [0.1, 0.15) is 29.4 Å². The first kappa shape index (κ1) is 20.8. The predicted molar refractivity (Wildman–Crippen MR) is 103 cm³/mol. The lowest BCUT2D eigenvalue weighted by atomic mass is 10.1. The van der Waals surface area contributed by atoms with Crippen LogP contribution in [-0.4, -0.2) is 48.3 Å². The number of hydrazone groups is 1. The third-order valence-electron chi connectivity index (χ3n) is 3.74. The standard InChI is InChI=1S/C19H23N5O4/c1-13(23-24-19(26)15-12-20-8-9-21-15)10-18(25)22-7-6-14-4-5-16(27-2)17(11-14)28-3/h4-5,8-9,11-12H,6-7,10H2,1-3H3,(H,22,25)(H,24,26)/b23-13-. The molecule has 0 unspecified atom stereocenters. The highest BCUT2D eigenvalue weighted by Crippen LogP contribution is 2.27. The Labute approximate surface area is 163 Å². The van der Waals surface area contributed by atoms with Crippen LogP contribution >= 0.6 is 0 Å². The second kappa shape index (κ2) is 10.6. The van der Waals surface area contributed by atoms with Gasteiger partial charge in [0.15, 0.2) is 11.5 Å². The zero-order valence-corrected chi connectivity index (χ0v) is 16.1. The molecule has 0 aliphatic carbocycles. The molecule has 28 heavy (non-hydrogen) atoms. The largest absolute Gasteiger partial charge is 0.493 e. The van der Waals surface area contributed by atoms with Crippen LogP contribution in [0.3, 0.4) is 0 Å². The zero-order valence-electron chi connectivity index (χ0n) is 16.1. The van der Waals surface area contributed by atoms with Crippen LogP contribution < -0.4 is 20.2 Å². The molecule has 0 bridgehead atoms. The molecule has 0 fully saturated rings. The molecule has 0 saturated carbocycles. The Balaban J connectivity index is 1.76. The van der Waals surface area contributed by atoms with E-state index in [2.05, 4.69) is 25.8 Å². The second-order valence-corrected chi connectivity index (χ2v) is 5.84. The normalized spacial score (nSPS) is 10.9. The van der Waals surface area contributed by atoms with Crippen LogP contribution in [0.5, 0.6) is 11.5 Å². The Morgan fingerprint density at radius 1 is 1.14 bits per heavy atom. The summed E-state index contributed by atoms with van der Waals surface area (Å²) in [4.78, 5) is 31.5. The van der Waals surface area contributed by atoms with Crippen molar-refractivity contribution in [1.29, 1.82) is 0 Å². The number of ether oxygens (including phenoxy) is 2. The van der Waals surface area contributed by atoms with Gasteiger partial charge in [-0.2, -0.15) is 5.10 Å². The number of hydrogen-bond acceptors (Lipinski definition) is 7. The summed E-state index contributed by atoms with van der Waals surface area (Å²) in [7, 11) is 3.16. The van der Waals surface area contributed by atoms with Gasteiger partial charge in [0.1, 0.15) is 5.69 Å². The van der Waals surface area contributed by atoms with E-state index >= 15 is 0 Å². The van der Waals surface area contributed by atoms with Gasteiger partial charge in [-0.05, 0) is 31.0 Å². The van der Waals surface area contributed by atoms with Crippen LogP contribution in [0.25, 0.3) is 0 Å². The van der Waals surface area contributed by atoms with Crippen molar-refractivity contribution in [2.45, 2.75) is 19.8 Å². The van der Waals surface area contributed by atoms with Crippen LogP contribution in [0.15, 0.2) is 41.9 Å². The summed E-state index contributed by atoms with van der Waals surface area (Å²) in [5.74, 6) is 0.635. The SMILES string of the molecule is COc1ccc(CCNC(=O)C/C(C)=N\NC(=O)c2cnccn2)cc1OC. The lowest BCUT2D eigenvalue weighted by Gasteiger charge is -2.10. The van der Waals surface area contributed by atoms with Crippen molar-refractivity contribution < 1.29 is 19.1 Å². The predicted octanol–water partition coefficient (Wildman–Crippen LogP) is 1.35. The molecule has 0 radical (unpaired) electrons. The Hall–Kier alpha value is -3.49. The molecule has 0 atom stereocenters. The molecule has 0 aliphatic rings. The molecule has 9 heteroatoms. The van der Waals surface area contributed by atoms with E-state index < -0.39 is 5.91 Å². The molecule has 0 saturated heterocycles. The maximum atomic E-state index is 12.0. The van der Waals surface area contributed by atoms with Crippen molar-refractivity contribution >= 4 is 17.5 Å². The van der Waals surface area contributed by atoms with Crippen LogP contribution in [0, 0.1) is 0 Å². The van der Waals surface area contributed by atoms with E-state index in [0.29, 0.717) is 30.2 Å². The van der Waals surface area contributed by atoms with Gasteiger partial charge < -0.3 is 14.8 Å². The number of methoxy groups -OCH3 is 2. The summed E-state index contributed by atoms with van der Waals surface area (Å²) in [5, 5.41) is 6.73. The maximum Gasteiger partial charge on any atom is 0.291 e. The molecule has 2 rings (SSSR count). The number of carbonyl (C=O) groups excluding carboxylic acids is 2. The molecule has 1 heterocycles. The van der Waals surface area contributed by atoms with Crippen LogP contribution in [-0.2, 0) is 11.2 Å². The van der Waals surface area contributed by atoms with Gasteiger partial charge in [0.2, 0.25) is 5.91 Å². The van der Waals surface area contributed by atoms with E-state index in [1.807, 2.05) is 18.2 Å². The summed E-state index contributed by atoms with van der Waals surface area (Å²) in [5.41, 5.74) is 3.99. The van der Waals surface area contributed by atoms with Gasteiger partial charge in [-0.25, -0.2) is 10.4 Å². The van der Waals surface area contributed by atoms with Gasteiger partial charge in [0, 0.05) is 24.7 Å². The van der Waals surface area contributed by atoms with Crippen molar-refractivity contribution in [3.8, 4) is 11.5 Å². The zero-order chi connectivity index (χ0) is 20.4. The molecule has 2 aromatic rings. The van der Waals surface area contributed by atoms with E-state index in [4.69, 9.17) is 9.47 Å². The summed E-state index contributed by atoms with van der Waals surface area (Å²) in [6.07, 6.45) is 4.94. The first-order valence-electron chi connectivity index (χ1n) is 8.60. The van der Waals surface area contributed by atoms with Gasteiger partial charge in [-0.15, -0.1) is 0 Å². The molecule has 9 nitrogen and oxygen atoms in total. The number of nitrogens with zero attached hydrogens (tertiary/aromatic N) is 3. The Morgan fingerprint density at radius 2 is 1.93 bits per heavy atom. The highest BCUT2D eigenvalue weighted by Gasteiger charge is 2.08. The number of amides is 2. The molecule has 2 N–H and O–H groups in total. The van der Waals surface area contributed by atoms with Crippen LogP contribution in [0.4, 0.5) is 0 Å². The van der Waals surface area contributed by atoms with Crippen LogP contribution in [0.2, 0.25) is 0 Å². The summed E-state index contributed by atoms with van der Waals surface area (Å²) in [6, 6.07) is 5.62. The highest BCUT2D eigenvalue weighted by atomic mass is 16.5. The fraction of sp³-hybridized carbons (Fsp3) is 0.316. The van der Waals surface area contributed by atoms with Crippen molar-refractivity contribution in [3.05, 3.63) is 48.0 Å². The van der Waals surface area contributed by atoms with Gasteiger partial charge >= 0.3 is 0 Å². The third kappa shape index (κ3) is 6.35. The number of hydrogen-bond donors (Lipinski definition) is 2. The molecule has 1 aromatic carbocycles. The molecule has 2 amide bonds. The average molecular weight is 385 g/mol. The monoisotopic (exact) mass is 385 g/mol. The van der Waals surface area contributed by atoms with Gasteiger partial charge in [0.25, 0.3) is 5.91 Å². The molecule has 1 aromatic heterocycles. The minimum atomic E-state index is -0.485. The number of rotatable bonds is 9. The molecular formula is C19H23N5O4. The Kier molecular flexibility index (Phi) is 7.89. The maximum absolute atomic E-state index is 12.0. The number of aromatic nitrogens is 2. The van der Waals surface area contributed by atoms with Crippen molar-refractivity contribution in [3.63, 3.8) is 0 Å². The van der Waals surface area contributed by atoms with Crippen molar-refractivity contribution in [1.82, 2.24) is 20.7 Å². The van der Waals surface area contributed by atoms with Crippen molar-refractivity contribution in [2.75, 3.05) is 20.8 Å². The first-order chi connectivity index (χ1) is 13.5. The molecule has 148 valence electrons. The topological polar surface area (TPSA) is 115 Å². The van der Waals surface area contributed by atoms with E-state index in [1.165, 1.54) is 18.6 Å². The quantitative estimate of drug-likeness (QED) is 0.497. The van der Waals surface area contributed by atoms with Gasteiger partial charge in [-0.3, -0.25) is 14.6 Å². The highest BCUT2D eigenvalue weighted by molar-refractivity contribution is 6.00. The van der Waals surface area contributed by atoms with Gasteiger partial charge in [0.05, 0.1) is 26.8 Å². The smallest absolute Gasteiger partial charge is 0.291 e. The number of carbonyl (C=O) groups is 2. The van der Waals surface area contributed by atoms with Gasteiger partial charge in [-0.1, -0.05) is 6.07 Å². The average Bonchev–Trinajstić information content (AvgIpc) is 2.72. The van der Waals surface area contributed by atoms with E-state index in [-0.39, 0.29) is 18.0 Å². The minimum absolute atomic E-state index is 0.0761. The summed E-state index contributed by atoms with van der Waals surface area (Å²) in [6.45, 7) is 2.12. The number of benzene rings is 1.